The molecular formula is C22H30NO4+. The summed E-state index contributed by atoms with van der Waals surface area (Å²) >= 11 is 0. The maximum Gasteiger partial charge on any atom is 0.308 e. The van der Waals surface area contributed by atoms with Crippen LogP contribution in [0.15, 0.2) is 18.2 Å². The zero-order valence-electron chi connectivity index (χ0n) is 16.6. The van der Waals surface area contributed by atoms with Gasteiger partial charge in [-0.15, -0.1) is 0 Å². The number of ether oxygens (including phenoxy) is 2. The van der Waals surface area contributed by atoms with Crippen LogP contribution in [0.2, 0.25) is 0 Å². The zero-order chi connectivity index (χ0) is 19.2. The summed E-state index contributed by atoms with van der Waals surface area (Å²) in [6.07, 6.45) is 7.07. The number of nitrogens with zero attached hydrogens (tertiary/aromatic N) is 1. The second kappa shape index (κ2) is 6.62. The fourth-order valence-electron chi connectivity index (χ4n) is 6.07. The smallest absolute Gasteiger partial charge is 0.308 e. The summed E-state index contributed by atoms with van der Waals surface area (Å²) in [6.45, 7) is 4.43. The van der Waals surface area contributed by atoms with Crippen molar-refractivity contribution < 1.29 is 23.5 Å². The number of carbonyl (C=O) groups is 2. The van der Waals surface area contributed by atoms with Gasteiger partial charge in [0, 0.05) is 38.0 Å². The minimum atomic E-state index is -0.268. The lowest BCUT2D eigenvalue weighted by atomic mass is 9.52. The molecule has 146 valence electrons. The van der Waals surface area contributed by atoms with E-state index >= 15 is 0 Å². The lowest BCUT2D eigenvalue weighted by Crippen LogP contribution is -2.69. The minimum Gasteiger partial charge on any atom is -0.427 e. The van der Waals surface area contributed by atoms with Gasteiger partial charge in [-0.1, -0.05) is 18.9 Å². The third-order valence-corrected chi connectivity index (χ3v) is 7.30. The Morgan fingerprint density at radius 1 is 1.19 bits per heavy atom. The molecule has 1 saturated heterocycles. The van der Waals surface area contributed by atoms with Crippen molar-refractivity contribution in [3.05, 3.63) is 29.3 Å². The van der Waals surface area contributed by atoms with Gasteiger partial charge in [-0.2, -0.15) is 0 Å². The van der Waals surface area contributed by atoms with Crippen LogP contribution in [0.5, 0.6) is 5.75 Å². The summed E-state index contributed by atoms with van der Waals surface area (Å²) in [6, 6.07) is 6.68. The van der Waals surface area contributed by atoms with E-state index < -0.39 is 0 Å². The Hall–Kier alpha value is -1.88. The summed E-state index contributed by atoms with van der Waals surface area (Å²) in [5, 5.41) is 0. The molecule has 1 aliphatic heterocycles. The van der Waals surface area contributed by atoms with Crippen LogP contribution in [0.4, 0.5) is 0 Å². The molecule has 1 unspecified atom stereocenters. The van der Waals surface area contributed by atoms with Gasteiger partial charge in [0.1, 0.15) is 5.75 Å². The van der Waals surface area contributed by atoms with Crippen LogP contribution in [-0.2, 0) is 26.2 Å². The highest BCUT2D eigenvalue weighted by Gasteiger charge is 2.59. The number of benzene rings is 1. The number of quaternary nitrogens is 1. The number of fused-ring (bicyclic) bond motifs is 1. The van der Waals surface area contributed by atoms with E-state index in [1.807, 2.05) is 6.07 Å². The Morgan fingerprint density at radius 2 is 2.00 bits per heavy atom. The van der Waals surface area contributed by atoms with Gasteiger partial charge in [-0.3, -0.25) is 14.1 Å². The van der Waals surface area contributed by atoms with Crippen molar-refractivity contribution in [2.75, 3.05) is 20.3 Å². The molecule has 1 saturated carbocycles. The van der Waals surface area contributed by atoms with Crippen LogP contribution in [-0.4, -0.2) is 42.8 Å². The highest BCUT2D eigenvalue weighted by molar-refractivity contribution is 5.69. The molecule has 1 aromatic carbocycles. The predicted octanol–water partition coefficient (Wildman–Crippen LogP) is 3.34. The zero-order valence-corrected chi connectivity index (χ0v) is 16.6. The van der Waals surface area contributed by atoms with E-state index in [0.29, 0.717) is 24.4 Å². The highest BCUT2D eigenvalue weighted by atomic mass is 16.5. The van der Waals surface area contributed by atoms with Crippen molar-refractivity contribution in [1.29, 1.82) is 0 Å². The topological polar surface area (TPSA) is 52.6 Å². The second-order valence-corrected chi connectivity index (χ2v) is 8.91. The van der Waals surface area contributed by atoms with E-state index in [0.717, 1.165) is 23.9 Å². The quantitative estimate of drug-likeness (QED) is 0.464. The molecule has 0 spiro atoms. The highest BCUT2D eigenvalue weighted by Crippen LogP contribution is 2.57. The van der Waals surface area contributed by atoms with E-state index in [1.165, 1.54) is 50.7 Å². The van der Waals surface area contributed by atoms with Gasteiger partial charge in [0.15, 0.2) is 0 Å². The lowest BCUT2D eigenvalue weighted by Gasteiger charge is -2.60. The average molecular weight is 372 g/mol. The summed E-state index contributed by atoms with van der Waals surface area (Å²) in [5.74, 6) is 0.800. The molecule has 2 aliphatic carbocycles. The molecule has 0 radical (unpaired) electrons. The first-order chi connectivity index (χ1) is 12.8. The Labute approximate surface area is 161 Å². The van der Waals surface area contributed by atoms with Gasteiger partial charge in [0.2, 0.25) is 6.73 Å². The van der Waals surface area contributed by atoms with Gasteiger partial charge < -0.3 is 9.47 Å². The van der Waals surface area contributed by atoms with Crippen molar-refractivity contribution in [3.63, 3.8) is 0 Å². The van der Waals surface area contributed by atoms with E-state index in [4.69, 9.17) is 9.47 Å². The summed E-state index contributed by atoms with van der Waals surface area (Å²) in [4.78, 5) is 22.9. The largest absolute Gasteiger partial charge is 0.427 e. The van der Waals surface area contributed by atoms with Crippen LogP contribution in [0.1, 0.15) is 57.1 Å². The fraction of sp³-hybridized carbons (Fsp3) is 0.636. The number of esters is 2. The molecule has 0 amide bonds. The van der Waals surface area contributed by atoms with Gasteiger partial charge in [0.05, 0.1) is 19.6 Å². The van der Waals surface area contributed by atoms with E-state index in [9.17, 15) is 9.59 Å². The minimum absolute atomic E-state index is 0.181. The Balaban J connectivity index is 1.74. The maximum absolute atomic E-state index is 11.4. The summed E-state index contributed by atoms with van der Waals surface area (Å²) in [5.41, 5.74) is 2.96. The third-order valence-electron chi connectivity index (χ3n) is 7.30. The molecule has 2 fully saturated rings. The van der Waals surface area contributed by atoms with Crippen LogP contribution in [0.3, 0.4) is 0 Å². The number of hydrogen-bond donors (Lipinski definition) is 0. The molecule has 1 heterocycles. The van der Waals surface area contributed by atoms with Crippen LogP contribution < -0.4 is 4.74 Å². The molecule has 0 N–H and O–H groups in total. The molecule has 5 heteroatoms. The normalized spacial score (nSPS) is 34.2. The van der Waals surface area contributed by atoms with Gasteiger partial charge in [0.25, 0.3) is 0 Å². The number of hydrogen-bond acceptors (Lipinski definition) is 4. The molecule has 3 aliphatic rings. The van der Waals surface area contributed by atoms with Crippen LogP contribution in [0, 0.1) is 5.92 Å². The molecule has 0 aromatic heterocycles. The van der Waals surface area contributed by atoms with Crippen molar-refractivity contribution >= 4 is 11.9 Å². The predicted molar refractivity (Wildman–Crippen MR) is 101 cm³/mol. The van der Waals surface area contributed by atoms with E-state index in [2.05, 4.69) is 19.2 Å². The van der Waals surface area contributed by atoms with Gasteiger partial charge >= 0.3 is 11.9 Å². The molecule has 4 rings (SSSR count). The SMILES string of the molecule is CC(=O)OC[N+]1(C)CC[C@@]23CCCC[C@@H]2[C@@H]1Cc1ccc(OC(C)=O)cc13. The first-order valence-corrected chi connectivity index (χ1v) is 10.1. The monoisotopic (exact) mass is 372 g/mol. The summed E-state index contributed by atoms with van der Waals surface area (Å²) in [7, 11) is 2.25. The Kier molecular flexibility index (Phi) is 4.53. The first-order valence-electron chi connectivity index (χ1n) is 10.1. The van der Waals surface area contributed by atoms with E-state index in [-0.39, 0.29) is 17.4 Å². The molecule has 4 atom stereocenters. The molecule has 1 aromatic rings. The molecule has 27 heavy (non-hydrogen) atoms. The third kappa shape index (κ3) is 3.06. The number of likely N-dealkylation sites (N-methyl/N-ethyl adjacent to an activating group) is 1. The first kappa shape index (κ1) is 18.5. The fourth-order valence-corrected chi connectivity index (χ4v) is 6.07. The number of piperidine rings is 1. The Morgan fingerprint density at radius 3 is 2.74 bits per heavy atom. The van der Waals surface area contributed by atoms with Crippen LogP contribution in [0.25, 0.3) is 0 Å². The molecule has 5 nitrogen and oxygen atoms in total. The van der Waals surface area contributed by atoms with Crippen molar-refractivity contribution in [1.82, 2.24) is 0 Å². The molecular weight excluding hydrogens is 342 g/mol. The summed E-state index contributed by atoms with van der Waals surface area (Å²) < 4.78 is 11.7. The van der Waals surface area contributed by atoms with E-state index in [1.54, 1.807) is 0 Å². The van der Waals surface area contributed by atoms with Crippen LogP contribution >= 0.6 is 0 Å². The van der Waals surface area contributed by atoms with Crippen molar-refractivity contribution in [2.24, 2.45) is 5.92 Å². The van der Waals surface area contributed by atoms with Gasteiger partial charge in [-0.05, 0) is 36.1 Å². The standard InChI is InChI=1S/C22H30NO4/c1-15(24)26-14-23(3)11-10-22-9-5-4-6-19(22)21(23)12-17-7-8-18(13-20(17)22)27-16(2)25/h7-8,13,19,21H,4-6,9-12,14H2,1-3H3/q+1/t19-,21+,22+,23?/m1/s1. The van der Waals surface area contributed by atoms with Crippen molar-refractivity contribution in [3.8, 4) is 5.75 Å². The lowest BCUT2D eigenvalue weighted by molar-refractivity contribution is -0.959. The second-order valence-electron chi connectivity index (χ2n) is 8.91. The number of likely N-dealkylation sites (tertiary alicyclic amines) is 1. The number of rotatable bonds is 3. The molecule has 2 bridgehead atoms. The number of carbonyl (C=O) groups excluding carboxylic acids is 2. The average Bonchev–Trinajstić information content (AvgIpc) is 2.63. The van der Waals surface area contributed by atoms with Crippen molar-refractivity contribution in [2.45, 2.75) is 63.8 Å². The Bertz CT molecular complexity index is 776. The maximum atomic E-state index is 11.4. The van der Waals surface area contributed by atoms with Gasteiger partial charge in [-0.25, -0.2) is 0 Å².